The molecule has 118 valence electrons. The minimum atomic E-state index is -0.394. The summed E-state index contributed by atoms with van der Waals surface area (Å²) in [5.41, 5.74) is 2.04. The Morgan fingerprint density at radius 3 is 2.74 bits per heavy atom. The molecule has 6 nitrogen and oxygen atoms in total. The Balaban J connectivity index is 1.56. The van der Waals surface area contributed by atoms with Crippen LogP contribution < -0.4 is 4.74 Å². The quantitative estimate of drug-likeness (QED) is 0.517. The molecule has 0 fully saturated rings. The Bertz CT molecular complexity index is 799. The Morgan fingerprint density at radius 1 is 1.13 bits per heavy atom. The fourth-order valence-electron chi connectivity index (χ4n) is 2.23. The highest BCUT2D eigenvalue weighted by Gasteiger charge is 2.11. The maximum atomic E-state index is 12.0. The summed E-state index contributed by atoms with van der Waals surface area (Å²) in [5, 5.41) is 8.07. The molecular weight excluding hydrogens is 294 g/mol. The monoisotopic (exact) mass is 311 g/mol. The minimum absolute atomic E-state index is 0.188. The Hall–Kier alpha value is -2.89. The van der Waals surface area contributed by atoms with E-state index < -0.39 is 5.97 Å². The third kappa shape index (κ3) is 3.48. The maximum absolute atomic E-state index is 12.0. The lowest BCUT2D eigenvalue weighted by molar-refractivity contribution is 0.0450. The number of aryl methyl sites for hydroxylation is 1. The molecule has 3 aromatic rings. The van der Waals surface area contributed by atoms with Crippen LogP contribution in [0.4, 0.5) is 0 Å². The van der Waals surface area contributed by atoms with E-state index in [1.807, 2.05) is 43.3 Å². The summed E-state index contributed by atoms with van der Waals surface area (Å²) >= 11 is 0. The molecular formula is C17H17N3O3. The SMILES string of the molecule is CCn1nnc2cc(C(=O)OCCOc3ccccc3)ccc21. The van der Waals surface area contributed by atoms with E-state index in [9.17, 15) is 4.79 Å². The first kappa shape index (κ1) is 15.0. The summed E-state index contributed by atoms with van der Waals surface area (Å²) in [6.07, 6.45) is 0. The lowest BCUT2D eigenvalue weighted by Gasteiger charge is -2.07. The Kier molecular flexibility index (Phi) is 4.52. The van der Waals surface area contributed by atoms with Crippen LogP contribution >= 0.6 is 0 Å². The van der Waals surface area contributed by atoms with Crippen LogP contribution in [-0.2, 0) is 11.3 Å². The van der Waals surface area contributed by atoms with E-state index in [2.05, 4.69) is 10.3 Å². The van der Waals surface area contributed by atoms with Gasteiger partial charge in [-0.2, -0.15) is 0 Å². The van der Waals surface area contributed by atoms with Crippen molar-refractivity contribution in [3.63, 3.8) is 0 Å². The molecule has 1 aromatic heterocycles. The number of hydrogen-bond donors (Lipinski definition) is 0. The summed E-state index contributed by atoms with van der Waals surface area (Å²) in [5.74, 6) is 0.357. The van der Waals surface area contributed by atoms with E-state index in [0.717, 1.165) is 17.8 Å². The van der Waals surface area contributed by atoms with Crippen LogP contribution in [0.1, 0.15) is 17.3 Å². The van der Waals surface area contributed by atoms with Crippen molar-refractivity contribution in [2.75, 3.05) is 13.2 Å². The predicted octanol–water partition coefficient (Wildman–Crippen LogP) is 2.69. The van der Waals surface area contributed by atoms with Gasteiger partial charge in [0.15, 0.2) is 0 Å². The molecule has 2 aromatic carbocycles. The van der Waals surface area contributed by atoms with Crippen molar-refractivity contribution in [2.24, 2.45) is 0 Å². The second-order valence-corrected chi connectivity index (χ2v) is 4.91. The van der Waals surface area contributed by atoms with Gasteiger partial charge < -0.3 is 9.47 Å². The number of ether oxygens (including phenoxy) is 2. The molecule has 0 N–H and O–H groups in total. The maximum Gasteiger partial charge on any atom is 0.338 e. The third-order valence-corrected chi connectivity index (χ3v) is 3.38. The van der Waals surface area contributed by atoms with E-state index in [1.165, 1.54) is 0 Å². The number of benzene rings is 2. The topological polar surface area (TPSA) is 66.2 Å². The van der Waals surface area contributed by atoms with Crippen LogP contribution in [-0.4, -0.2) is 34.2 Å². The highest BCUT2D eigenvalue weighted by atomic mass is 16.6. The number of carbonyl (C=O) groups is 1. The van der Waals surface area contributed by atoms with Gasteiger partial charge in [-0.3, -0.25) is 0 Å². The Morgan fingerprint density at radius 2 is 1.96 bits per heavy atom. The zero-order valence-electron chi connectivity index (χ0n) is 12.8. The molecule has 0 bridgehead atoms. The smallest absolute Gasteiger partial charge is 0.338 e. The zero-order valence-corrected chi connectivity index (χ0v) is 12.8. The fraction of sp³-hybridized carbons (Fsp3) is 0.235. The summed E-state index contributed by atoms with van der Waals surface area (Å²) in [6, 6.07) is 14.6. The van der Waals surface area contributed by atoms with Crippen molar-refractivity contribution >= 4 is 17.0 Å². The van der Waals surface area contributed by atoms with E-state index in [1.54, 1.807) is 16.8 Å². The first-order valence-electron chi connectivity index (χ1n) is 7.46. The number of rotatable bonds is 6. The number of para-hydroxylation sites is 1. The number of fused-ring (bicyclic) bond motifs is 1. The third-order valence-electron chi connectivity index (χ3n) is 3.38. The molecule has 0 saturated carbocycles. The van der Waals surface area contributed by atoms with Gasteiger partial charge in [0, 0.05) is 6.54 Å². The predicted molar refractivity (Wildman–Crippen MR) is 85.4 cm³/mol. The second-order valence-electron chi connectivity index (χ2n) is 4.91. The molecule has 0 aliphatic rings. The van der Waals surface area contributed by atoms with Crippen molar-refractivity contribution in [3.8, 4) is 5.75 Å². The van der Waals surface area contributed by atoms with E-state index in [0.29, 0.717) is 17.7 Å². The van der Waals surface area contributed by atoms with Crippen LogP contribution in [0.3, 0.4) is 0 Å². The van der Waals surface area contributed by atoms with Crippen LogP contribution in [0.15, 0.2) is 48.5 Å². The van der Waals surface area contributed by atoms with Crippen LogP contribution in [0, 0.1) is 0 Å². The van der Waals surface area contributed by atoms with Gasteiger partial charge in [-0.25, -0.2) is 9.48 Å². The molecule has 0 saturated heterocycles. The van der Waals surface area contributed by atoms with Gasteiger partial charge in [0.25, 0.3) is 0 Å². The van der Waals surface area contributed by atoms with Gasteiger partial charge in [0.2, 0.25) is 0 Å². The van der Waals surface area contributed by atoms with Gasteiger partial charge in [0.1, 0.15) is 24.5 Å². The van der Waals surface area contributed by atoms with Crippen molar-refractivity contribution < 1.29 is 14.3 Å². The number of carbonyl (C=O) groups excluding carboxylic acids is 1. The minimum Gasteiger partial charge on any atom is -0.490 e. The van der Waals surface area contributed by atoms with Gasteiger partial charge >= 0.3 is 5.97 Å². The lowest BCUT2D eigenvalue weighted by atomic mass is 10.2. The van der Waals surface area contributed by atoms with Gasteiger partial charge in [-0.05, 0) is 37.3 Å². The summed E-state index contributed by atoms with van der Waals surface area (Å²) in [6.45, 7) is 3.22. The number of aromatic nitrogens is 3. The molecule has 3 rings (SSSR count). The molecule has 6 heteroatoms. The van der Waals surface area contributed by atoms with E-state index in [4.69, 9.17) is 9.47 Å². The zero-order chi connectivity index (χ0) is 16.1. The summed E-state index contributed by atoms with van der Waals surface area (Å²) < 4.78 is 12.5. The molecule has 0 atom stereocenters. The largest absolute Gasteiger partial charge is 0.490 e. The normalized spacial score (nSPS) is 10.7. The average Bonchev–Trinajstić information content (AvgIpc) is 3.01. The van der Waals surface area contributed by atoms with Crippen molar-refractivity contribution in [1.29, 1.82) is 0 Å². The molecule has 0 amide bonds. The number of nitrogens with zero attached hydrogens (tertiary/aromatic N) is 3. The standard InChI is InChI=1S/C17H17N3O3/c1-2-20-16-9-8-13(12-15(16)18-19-20)17(21)23-11-10-22-14-6-4-3-5-7-14/h3-9,12H,2,10-11H2,1H3. The van der Waals surface area contributed by atoms with E-state index in [-0.39, 0.29) is 6.61 Å². The Labute approximate surface area is 133 Å². The highest BCUT2D eigenvalue weighted by molar-refractivity contribution is 5.93. The summed E-state index contributed by atoms with van der Waals surface area (Å²) in [7, 11) is 0. The first-order valence-corrected chi connectivity index (χ1v) is 7.46. The van der Waals surface area contributed by atoms with Gasteiger partial charge in [-0.1, -0.05) is 23.4 Å². The fourth-order valence-corrected chi connectivity index (χ4v) is 2.23. The van der Waals surface area contributed by atoms with Crippen LogP contribution in [0.25, 0.3) is 11.0 Å². The van der Waals surface area contributed by atoms with Crippen LogP contribution in [0.5, 0.6) is 5.75 Å². The number of esters is 1. The highest BCUT2D eigenvalue weighted by Crippen LogP contribution is 2.14. The lowest BCUT2D eigenvalue weighted by Crippen LogP contribution is -2.12. The second kappa shape index (κ2) is 6.91. The molecule has 23 heavy (non-hydrogen) atoms. The van der Waals surface area contributed by atoms with Gasteiger partial charge in [-0.15, -0.1) is 5.10 Å². The molecule has 1 heterocycles. The molecule has 0 aliphatic heterocycles. The van der Waals surface area contributed by atoms with Crippen molar-refractivity contribution in [2.45, 2.75) is 13.5 Å². The average molecular weight is 311 g/mol. The molecule has 0 radical (unpaired) electrons. The molecule has 0 aliphatic carbocycles. The first-order chi connectivity index (χ1) is 11.3. The number of hydrogen-bond acceptors (Lipinski definition) is 5. The van der Waals surface area contributed by atoms with Crippen molar-refractivity contribution in [1.82, 2.24) is 15.0 Å². The molecule has 0 unspecified atom stereocenters. The van der Waals surface area contributed by atoms with Crippen LogP contribution in [0.2, 0.25) is 0 Å². The summed E-state index contributed by atoms with van der Waals surface area (Å²) in [4.78, 5) is 12.0. The van der Waals surface area contributed by atoms with E-state index >= 15 is 0 Å². The molecule has 0 spiro atoms. The van der Waals surface area contributed by atoms with Gasteiger partial charge in [0.05, 0.1) is 11.1 Å². The van der Waals surface area contributed by atoms with Crippen molar-refractivity contribution in [3.05, 3.63) is 54.1 Å².